The van der Waals surface area contributed by atoms with Gasteiger partial charge in [0.2, 0.25) is 6.79 Å². The molecule has 2 aliphatic heterocycles. The highest BCUT2D eigenvalue weighted by atomic mass is 16.7. The third-order valence-electron chi connectivity index (χ3n) is 3.33. The molecule has 0 fully saturated rings. The van der Waals surface area contributed by atoms with Gasteiger partial charge in [-0.05, 0) is 13.8 Å². The van der Waals surface area contributed by atoms with E-state index in [0.717, 1.165) is 5.69 Å². The van der Waals surface area contributed by atoms with Crippen molar-refractivity contribution in [2.24, 2.45) is 0 Å². The first kappa shape index (κ1) is 12.1. The average Bonchev–Trinajstić information content (AvgIpc) is 2.79. The maximum Gasteiger partial charge on any atom is 0.252 e. The molecule has 102 valence electrons. The molecule has 0 bridgehead atoms. The number of fused-ring (bicyclic) bond motifs is 2. The summed E-state index contributed by atoms with van der Waals surface area (Å²) in [4.78, 5) is 14.0. The van der Waals surface area contributed by atoms with E-state index in [9.17, 15) is 4.79 Å². The van der Waals surface area contributed by atoms with Crippen molar-refractivity contribution < 1.29 is 19.4 Å². The van der Waals surface area contributed by atoms with Crippen LogP contribution in [0.1, 0.15) is 13.8 Å². The minimum absolute atomic E-state index is 0.0760. The summed E-state index contributed by atoms with van der Waals surface area (Å²) in [7, 11) is 0. The molecule has 6 heteroatoms. The average molecular weight is 264 g/mol. The van der Waals surface area contributed by atoms with Crippen LogP contribution >= 0.6 is 0 Å². The van der Waals surface area contributed by atoms with Gasteiger partial charge in [0.25, 0.3) is 5.91 Å². The van der Waals surface area contributed by atoms with Crippen LogP contribution in [0.15, 0.2) is 12.1 Å². The van der Waals surface area contributed by atoms with E-state index in [1.807, 2.05) is 19.9 Å². The number of nitrogens with one attached hydrogen (secondary N) is 1. The summed E-state index contributed by atoms with van der Waals surface area (Å²) in [5, 5.41) is 12.4. The number of benzene rings is 1. The Bertz CT molecular complexity index is 542. The van der Waals surface area contributed by atoms with E-state index >= 15 is 0 Å². The Hall–Kier alpha value is -1.95. The number of amides is 1. The number of aliphatic hydroxyl groups excluding tert-OH is 1. The number of anilines is 2. The van der Waals surface area contributed by atoms with Crippen molar-refractivity contribution in [3.8, 4) is 11.5 Å². The number of nitrogens with zero attached hydrogens (tertiary/aromatic N) is 1. The predicted octanol–water partition coefficient (Wildman–Crippen LogP) is 0.945. The van der Waals surface area contributed by atoms with Gasteiger partial charge < -0.3 is 24.8 Å². The largest absolute Gasteiger partial charge is 0.454 e. The Morgan fingerprint density at radius 2 is 2.05 bits per heavy atom. The molecule has 1 aromatic rings. The maximum atomic E-state index is 12.4. The van der Waals surface area contributed by atoms with Gasteiger partial charge >= 0.3 is 0 Å². The zero-order valence-corrected chi connectivity index (χ0v) is 10.9. The highest BCUT2D eigenvalue weighted by Crippen LogP contribution is 2.44. The molecule has 3 rings (SSSR count). The maximum absolute atomic E-state index is 12.4. The summed E-state index contributed by atoms with van der Waals surface area (Å²) in [6.45, 7) is 3.99. The molecule has 0 spiro atoms. The van der Waals surface area contributed by atoms with Gasteiger partial charge in [-0.15, -0.1) is 0 Å². The van der Waals surface area contributed by atoms with E-state index < -0.39 is 5.54 Å². The number of hydrogen-bond acceptors (Lipinski definition) is 5. The first-order valence-corrected chi connectivity index (χ1v) is 6.17. The van der Waals surface area contributed by atoms with Crippen LogP contribution in [-0.2, 0) is 4.79 Å². The fourth-order valence-electron chi connectivity index (χ4n) is 2.41. The van der Waals surface area contributed by atoms with Crippen molar-refractivity contribution in [1.29, 1.82) is 0 Å². The molecule has 6 nitrogen and oxygen atoms in total. The number of aliphatic hydroxyl groups is 1. The smallest absolute Gasteiger partial charge is 0.252 e. The molecule has 2 heterocycles. The van der Waals surface area contributed by atoms with Gasteiger partial charge in [0.05, 0.1) is 18.0 Å². The van der Waals surface area contributed by atoms with Crippen LogP contribution in [0.3, 0.4) is 0 Å². The lowest BCUT2D eigenvalue weighted by molar-refractivity contribution is -0.122. The molecule has 19 heavy (non-hydrogen) atoms. The number of carbonyl (C=O) groups excluding carboxylic acids is 1. The molecule has 2 aliphatic rings. The summed E-state index contributed by atoms with van der Waals surface area (Å²) >= 11 is 0. The number of hydrogen-bond donors (Lipinski definition) is 2. The molecular formula is C13H16N2O4. The lowest BCUT2D eigenvalue weighted by atomic mass is 9.98. The summed E-state index contributed by atoms with van der Waals surface area (Å²) < 4.78 is 10.7. The molecule has 0 atom stereocenters. The zero-order chi connectivity index (χ0) is 13.6. The summed E-state index contributed by atoms with van der Waals surface area (Å²) in [5.41, 5.74) is 0.806. The second-order valence-corrected chi connectivity index (χ2v) is 5.15. The summed E-state index contributed by atoms with van der Waals surface area (Å²) in [6, 6.07) is 3.60. The number of ether oxygens (including phenoxy) is 2. The Morgan fingerprint density at radius 3 is 2.74 bits per heavy atom. The first-order chi connectivity index (χ1) is 9.03. The zero-order valence-electron chi connectivity index (χ0n) is 10.9. The minimum Gasteiger partial charge on any atom is -0.454 e. The number of rotatable bonds is 2. The van der Waals surface area contributed by atoms with Crippen LogP contribution in [0, 0.1) is 0 Å². The van der Waals surface area contributed by atoms with E-state index in [-0.39, 0.29) is 25.9 Å². The van der Waals surface area contributed by atoms with Crippen LogP contribution in [0.4, 0.5) is 11.4 Å². The van der Waals surface area contributed by atoms with Crippen molar-refractivity contribution in [2.45, 2.75) is 19.4 Å². The molecule has 0 aromatic heterocycles. The van der Waals surface area contributed by atoms with E-state index in [1.54, 1.807) is 11.0 Å². The molecule has 0 radical (unpaired) electrons. The van der Waals surface area contributed by atoms with Crippen LogP contribution in [0.2, 0.25) is 0 Å². The van der Waals surface area contributed by atoms with Gasteiger partial charge in [0, 0.05) is 18.7 Å². The number of β-amino-alcohol motifs (C(OH)–C–C–N with tert-alkyl or cyclic N) is 1. The summed E-state index contributed by atoms with van der Waals surface area (Å²) in [5.74, 6) is 1.21. The summed E-state index contributed by atoms with van der Waals surface area (Å²) in [6.07, 6.45) is 0. The van der Waals surface area contributed by atoms with Gasteiger partial charge in [-0.25, -0.2) is 0 Å². The van der Waals surface area contributed by atoms with Gasteiger partial charge in [0.1, 0.15) is 5.54 Å². The fourth-order valence-corrected chi connectivity index (χ4v) is 2.41. The highest BCUT2D eigenvalue weighted by Gasteiger charge is 2.39. The second kappa shape index (κ2) is 4.03. The second-order valence-electron chi connectivity index (χ2n) is 5.15. The van der Waals surface area contributed by atoms with Crippen molar-refractivity contribution in [3.05, 3.63) is 12.1 Å². The molecule has 0 saturated heterocycles. The van der Waals surface area contributed by atoms with E-state index in [4.69, 9.17) is 14.6 Å². The standard InChI is InChI=1S/C13H16N2O4/c1-13(2)12(17)15(3-4-16)9-6-11-10(18-7-19-11)5-8(9)14-13/h5-6,14,16H,3-4,7H2,1-2H3. The first-order valence-electron chi connectivity index (χ1n) is 6.17. The molecule has 1 amide bonds. The van der Waals surface area contributed by atoms with Gasteiger partial charge in [0.15, 0.2) is 11.5 Å². The Labute approximate surface area is 110 Å². The van der Waals surface area contributed by atoms with Gasteiger partial charge in [-0.1, -0.05) is 0 Å². The normalized spacial score (nSPS) is 19.1. The SMILES string of the molecule is CC1(C)Nc2cc3c(cc2N(CCO)C1=O)OCO3. The predicted molar refractivity (Wildman–Crippen MR) is 69.7 cm³/mol. The highest BCUT2D eigenvalue weighted by molar-refractivity contribution is 6.07. The van der Waals surface area contributed by atoms with Crippen molar-refractivity contribution >= 4 is 17.3 Å². The van der Waals surface area contributed by atoms with Gasteiger partial charge in [-0.3, -0.25) is 4.79 Å². The van der Waals surface area contributed by atoms with E-state index in [2.05, 4.69) is 5.32 Å². The number of carbonyl (C=O) groups is 1. The van der Waals surface area contributed by atoms with Gasteiger partial charge in [-0.2, -0.15) is 0 Å². The molecule has 0 unspecified atom stereocenters. The molecule has 1 aromatic carbocycles. The third-order valence-corrected chi connectivity index (χ3v) is 3.33. The van der Waals surface area contributed by atoms with Crippen molar-refractivity contribution in [1.82, 2.24) is 0 Å². The lowest BCUT2D eigenvalue weighted by Gasteiger charge is -2.39. The minimum atomic E-state index is -0.712. The lowest BCUT2D eigenvalue weighted by Crippen LogP contribution is -2.54. The van der Waals surface area contributed by atoms with Crippen molar-refractivity contribution in [2.75, 3.05) is 30.2 Å². The van der Waals surface area contributed by atoms with Crippen molar-refractivity contribution in [3.63, 3.8) is 0 Å². The topological polar surface area (TPSA) is 71.0 Å². The molecule has 2 N–H and O–H groups in total. The van der Waals surface area contributed by atoms with Crippen LogP contribution in [0.25, 0.3) is 0 Å². The quantitative estimate of drug-likeness (QED) is 0.832. The fraction of sp³-hybridized carbons (Fsp3) is 0.462. The Morgan fingerprint density at radius 1 is 1.37 bits per heavy atom. The van der Waals surface area contributed by atoms with Crippen LogP contribution < -0.4 is 19.7 Å². The third kappa shape index (κ3) is 1.79. The molecular weight excluding hydrogens is 248 g/mol. The molecule has 0 aliphatic carbocycles. The Kier molecular flexibility index (Phi) is 2.56. The van der Waals surface area contributed by atoms with Crippen LogP contribution in [0.5, 0.6) is 11.5 Å². The van der Waals surface area contributed by atoms with E-state index in [1.165, 1.54) is 0 Å². The van der Waals surface area contributed by atoms with Crippen LogP contribution in [-0.4, -0.2) is 36.5 Å². The van der Waals surface area contributed by atoms with E-state index in [0.29, 0.717) is 17.2 Å². The molecule has 0 saturated carbocycles. The monoisotopic (exact) mass is 264 g/mol. The Balaban J connectivity index is 2.11.